The van der Waals surface area contributed by atoms with E-state index < -0.39 is 11.6 Å². The van der Waals surface area contributed by atoms with Crippen LogP contribution in [0.25, 0.3) is 0 Å². The van der Waals surface area contributed by atoms with Crippen molar-refractivity contribution in [3.05, 3.63) is 54.4 Å². The molecule has 1 atom stereocenters. The standard InChI is InChI=1S/C10H12N2O2.C7H6F2O.C3H8/c13-10(9-4-2-6-14-9)12-8-3-1-5-11-7-8;1-10-6-4-2-3-5(8)7(6)9;1-3-2/h1,3,5,7,9H,2,4,6H2,(H,12,13);2-4H,1H3;3H2,1-2H3. The van der Waals surface area contributed by atoms with E-state index in [0.29, 0.717) is 12.3 Å². The molecule has 1 aromatic heterocycles. The summed E-state index contributed by atoms with van der Waals surface area (Å²) in [6, 6.07) is 7.37. The van der Waals surface area contributed by atoms with Crippen LogP contribution in [0, 0.1) is 11.6 Å². The first-order valence-electron chi connectivity index (χ1n) is 8.83. The number of ether oxygens (including phenoxy) is 2. The van der Waals surface area contributed by atoms with Gasteiger partial charge in [-0.05, 0) is 37.1 Å². The largest absolute Gasteiger partial charge is 0.494 e. The Morgan fingerprint density at radius 1 is 1.30 bits per heavy atom. The van der Waals surface area contributed by atoms with Crippen molar-refractivity contribution in [1.82, 2.24) is 4.98 Å². The van der Waals surface area contributed by atoms with Gasteiger partial charge in [0.05, 0.1) is 19.0 Å². The molecule has 0 spiro atoms. The molecule has 3 rings (SSSR count). The predicted molar refractivity (Wildman–Crippen MR) is 101 cm³/mol. The Balaban J connectivity index is 0.000000246. The number of amides is 1. The maximum Gasteiger partial charge on any atom is 0.253 e. The summed E-state index contributed by atoms with van der Waals surface area (Å²) in [6.45, 7) is 4.94. The van der Waals surface area contributed by atoms with E-state index in [1.54, 1.807) is 24.5 Å². The number of nitrogens with one attached hydrogen (secondary N) is 1. The summed E-state index contributed by atoms with van der Waals surface area (Å²) in [5.41, 5.74) is 0.716. The van der Waals surface area contributed by atoms with E-state index in [9.17, 15) is 13.6 Å². The number of pyridine rings is 1. The van der Waals surface area contributed by atoms with Crippen molar-refractivity contribution >= 4 is 11.6 Å². The third-order valence-corrected chi connectivity index (χ3v) is 3.29. The Labute approximate surface area is 158 Å². The second-order valence-electron chi connectivity index (χ2n) is 5.70. The van der Waals surface area contributed by atoms with E-state index in [2.05, 4.69) is 28.9 Å². The molecule has 1 aromatic carbocycles. The van der Waals surface area contributed by atoms with Gasteiger partial charge in [-0.1, -0.05) is 26.3 Å². The van der Waals surface area contributed by atoms with E-state index >= 15 is 0 Å². The second-order valence-corrected chi connectivity index (χ2v) is 5.70. The zero-order valence-corrected chi connectivity index (χ0v) is 15.9. The number of carbonyl (C=O) groups excluding carboxylic acids is 1. The molecular weight excluding hydrogens is 354 g/mol. The van der Waals surface area contributed by atoms with Gasteiger partial charge >= 0.3 is 0 Å². The highest BCUT2D eigenvalue weighted by atomic mass is 19.2. The number of carbonyl (C=O) groups is 1. The maximum atomic E-state index is 12.5. The Kier molecular flexibility index (Phi) is 10.6. The van der Waals surface area contributed by atoms with Crippen LogP contribution in [0.15, 0.2) is 42.7 Å². The van der Waals surface area contributed by atoms with Gasteiger partial charge < -0.3 is 14.8 Å². The van der Waals surface area contributed by atoms with Gasteiger partial charge in [0.2, 0.25) is 5.82 Å². The van der Waals surface area contributed by atoms with Gasteiger partial charge in [0, 0.05) is 12.8 Å². The zero-order valence-electron chi connectivity index (χ0n) is 15.9. The molecular formula is C20H26F2N2O3. The quantitative estimate of drug-likeness (QED) is 0.846. The first-order valence-corrected chi connectivity index (χ1v) is 8.83. The third-order valence-electron chi connectivity index (χ3n) is 3.29. The van der Waals surface area contributed by atoms with Gasteiger partial charge in [-0.2, -0.15) is 4.39 Å². The van der Waals surface area contributed by atoms with Crippen molar-refractivity contribution in [3.63, 3.8) is 0 Å². The lowest BCUT2D eigenvalue weighted by Crippen LogP contribution is -2.26. The number of anilines is 1. The van der Waals surface area contributed by atoms with E-state index in [-0.39, 0.29) is 17.8 Å². The lowest BCUT2D eigenvalue weighted by Gasteiger charge is -2.09. The van der Waals surface area contributed by atoms with Gasteiger partial charge in [-0.15, -0.1) is 0 Å². The first kappa shape index (κ1) is 22.5. The molecule has 1 saturated heterocycles. The van der Waals surface area contributed by atoms with Gasteiger partial charge in [0.1, 0.15) is 6.10 Å². The SMILES string of the molecule is CCC.COc1cccc(F)c1F.O=C(Nc1cccnc1)C1CCCO1. The fourth-order valence-corrected chi connectivity index (χ4v) is 2.09. The number of nitrogens with zero attached hydrogens (tertiary/aromatic N) is 1. The van der Waals surface area contributed by atoms with Gasteiger partial charge in [0.15, 0.2) is 11.6 Å². The molecule has 0 bridgehead atoms. The fourth-order valence-electron chi connectivity index (χ4n) is 2.09. The Morgan fingerprint density at radius 3 is 2.56 bits per heavy atom. The minimum absolute atomic E-state index is 0.0694. The fraction of sp³-hybridized carbons (Fsp3) is 0.400. The van der Waals surface area contributed by atoms with Crippen LogP contribution in [0.5, 0.6) is 5.75 Å². The molecule has 2 heterocycles. The van der Waals surface area contributed by atoms with Crippen LogP contribution in [0.4, 0.5) is 14.5 Å². The lowest BCUT2D eigenvalue weighted by molar-refractivity contribution is -0.124. The van der Waals surface area contributed by atoms with Crippen LogP contribution in [-0.2, 0) is 9.53 Å². The number of benzene rings is 1. The number of hydrogen-bond acceptors (Lipinski definition) is 4. The third kappa shape index (κ3) is 8.13. The molecule has 0 saturated carbocycles. The summed E-state index contributed by atoms with van der Waals surface area (Å²) < 4.78 is 34.6. The minimum atomic E-state index is -0.940. The van der Waals surface area contributed by atoms with Crippen LogP contribution in [-0.4, -0.2) is 30.7 Å². The molecule has 0 aliphatic carbocycles. The minimum Gasteiger partial charge on any atom is -0.494 e. The Bertz CT molecular complexity index is 678. The number of methoxy groups -OCH3 is 1. The van der Waals surface area contributed by atoms with Gasteiger partial charge in [-0.3, -0.25) is 9.78 Å². The predicted octanol–water partition coefficient (Wildman–Crippen LogP) is 4.59. The summed E-state index contributed by atoms with van der Waals surface area (Å²) in [6.07, 6.45) is 6.03. The molecule has 1 N–H and O–H groups in total. The molecule has 1 amide bonds. The van der Waals surface area contributed by atoms with Gasteiger partial charge in [0.25, 0.3) is 5.91 Å². The summed E-state index contributed by atoms with van der Waals surface area (Å²) in [5, 5.41) is 2.76. The van der Waals surface area contributed by atoms with Crippen LogP contribution >= 0.6 is 0 Å². The monoisotopic (exact) mass is 380 g/mol. The topological polar surface area (TPSA) is 60.5 Å². The van der Waals surface area contributed by atoms with E-state index in [4.69, 9.17) is 4.74 Å². The smallest absolute Gasteiger partial charge is 0.253 e. The molecule has 1 aliphatic heterocycles. The van der Waals surface area contributed by atoms with Crippen molar-refractivity contribution < 1.29 is 23.0 Å². The highest BCUT2D eigenvalue weighted by Crippen LogP contribution is 2.17. The molecule has 1 unspecified atom stereocenters. The summed E-state index contributed by atoms with van der Waals surface area (Å²) in [4.78, 5) is 15.5. The maximum absolute atomic E-state index is 12.5. The Morgan fingerprint density at radius 2 is 2.04 bits per heavy atom. The van der Waals surface area contributed by atoms with E-state index in [1.807, 2.05) is 0 Å². The first-order chi connectivity index (χ1) is 13.0. The average molecular weight is 380 g/mol. The summed E-state index contributed by atoms with van der Waals surface area (Å²) in [7, 11) is 1.29. The normalized spacial score (nSPS) is 14.9. The summed E-state index contributed by atoms with van der Waals surface area (Å²) in [5.74, 6) is -1.97. The molecule has 1 aliphatic rings. The highest BCUT2D eigenvalue weighted by Gasteiger charge is 2.23. The second kappa shape index (κ2) is 12.8. The van der Waals surface area contributed by atoms with Gasteiger partial charge in [-0.25, -0.2) is 4.39 Å². The Hall–Kier alpha value is -2.54. The zero-order chi connectivity index (χ0) is 20.1. The summed E-state index contributed by atoms with van der Waals surface area (Å²) >= 11 is 0. The molecule has 1 fully saturated rings. The molecule has 148 valence electrons. The molecule has 27 heavy (non-hydrogen) atoms. The van der Waals surface area contributed by atoms with E-state index in [1.165, 1.54) is 25.7 Å². The van der Waals surface area contributed by atoms with Crippen LogP contribution in [0.1, 0.15) is 33.1 Å². The number of aromatic nitrogens is 1. The van der Waals surface area contributed by atoms with Crippen molar-refractivity contribution in [2.24, 2.45) is 0 Å². The van der Waals surface area contributed by atoms with Crippen LogP contribution < -0.4 is 10.1 Å². The molecule has 2 aromatic rings. The number of halogens is 2. The van der Waals surface area contributed by atoms with Crippen LogP contribution in [0.3, 0.4) is 0 Å². The number of hydrogen-bond donors (Lipinski definition) is 1. The molecule has 5 nitrogen and oxygen atoms in total. The van der Waals surface area contributed by atoms with E-state index in [0.717, 1.165) is 18.9 Å². The lowest BCUT2D eigenvalue weighted by atomic mass is 10.2. The average Bonchev–Trinajstić information content (AvgIpc) is 3.21. The van der Waals surface area contributed by atoms with Crippen LogP contribution in [0.2, 0.25) is 0 Å². The van der Waals surface area contributed by atoms with Crippen molar-refractivity contribution in [3.8, 4) is 5.75 Å². The molecule has 7 heteroatoms. The van der Waals surface area contributed by atoms with Crippen molar-refractivity contribution in [2.75, 3.05) is 19.0 Å². The highest BCUT2D eigenvalue weighted by molar-refractivity contribution is 5.94. The van der Waals surface area contributed by atoms with Crippen molar-refractivity contribution in [1.29, 1.82) is 0 Å². The van der Waals surface area contributed by atoms with Crippen molar-refractivity contribution in [2.45, 2.75) is 39.2 Å². The molecule has 0 radical (unpaired) electrons. The number of rotatable bonds is 3.